The monoisotopic (exact) mass is 531 g/mol. The summed E-state index contributed by atoms with van der Waals surface area (Å²) in [6.07, 6.45) is 0. The number of fused-ring (bicyclic) bond motifs is 3. The van der Waals surface area contributed by atoms with Crippen LogP contribution in [0.3, 0.4) is 0 Å². The molecule has 0 saturated carbocycles. The van der Waals surface area contributed by atoms with Crippen molar-refractivity contribution in [2.24, 2.45) is 0 Å². The Morgan fingerprint density at radius 3 is 2.10 bits per heavy atom. The van der Waals surface area contributed by atoms with Crippen molar-refractivity contribution < 1.29 is 9.76 Å². The molecule has 5 nitrogen and oxygen atoms in total. The molecule has 5 aromatic rings. The molecule has 2 heterocycles. The van der Waals surface area contributed by atoms with Crippen molar-refractivity contribution in [1.82, 2.24) is 9.97 Å². The molecule has 0 bridgehead atoms. The van der Waals surface area contributed by atoms with Gasteiger partial charge in [0.05, 0.1) is 39.3 Å². The molecule has 39 heavy (non-hydrogen) atoms. The molecule has 0 atom stereocenters. The Kier molecular flexibility index (Phi) is 6.46. The predicted molar refractivity (Wildman–Crippen MR) is 163 cm³/mol. The maximum atomic E-state index is 10.5. The molecule has 1 aliphatic rings. The molecule has 4 aromatic carbocycles. The number of hydrogen-bond acceptors (Lipinski definition) is 6. The lowest BCUT2D eigenvalue weighted by molar-refractivity contribution is -0.0893. The number of rotatable bonds is 6. The second-order valence-electron chi connectivity index (χ2n) is 10.9. The average molecular weight is 531 g/mol. The second-order valence-corrected chi connectivity index (χ2v) is 11.9. The lowest BCUT2D eigenvalue weighted by atomic mass is 9.81. The van der Waals surface area contributed by atoms with Crippen molar-refractivity contribution >= 4 is 47.1 Å². The van der Waals surface area contributed by atoms with Crippen LogP contribution < -0.4 is 10.8 Å². The standard InChI is InChI=1S/C32H30BN3O2S/c1-31(2,37)32(3,4)38-33-22-13-10-16-26-30(22)36-25-18-17-21(19-27(25)39-26)29-28(20-11-6-5-7-12-20)34-23-14-8-9-15-24(23)35-29/h5-19,33,36-37H,1-4H3. The summed E-state index contributed by atoms with van der Waals surface area (Å²) in [4.78, 5) is 12.4. The van der Waals surface area contributed by atoms with Crippen LogP contribution >= 0.6 is 11.8 Å². The minimum absolute atomic E-state index is 0.397. The number of aromatic nitrogens is 2. The van der Waals surface area contributed by atoms with Gasteiger partial charge in [0.2, 0.25) is 0 Å². The fourth-order valence-corrected chi connectivity index (χ4v) is 5.55. The van der Waals surface area contributed by atoms with Gasteiger partial charge in [0.15, 0.2) is 0 Å². The van der Waals surface area contributed by atoms with Gasteiger partial charge in [-0.05, 0) is 63.5 Å². The van der Waals surface area contributed by atoms with E-state index in [1.165, 1.54) is 0 Å². The number of nitrogens with zero attached hydrogens (tertiary/aromatic N) is 2. The second kappa shape index (κ2) is 9.83. The van der Waals surface area contributed by atoms with Crippen molar-refractivity contribution in [1.29, 1.82) is 0 Å². The highest BCUT2D eigenvalue weighted by molar-refractivity contribution is 7.99. The Hall–Kier alpha value is -3.65. The molecule has 194 valence electrons. The van der Waals surface area contributed by atoms with Crippen LogP contribution in [0.25, 0.3) is 33.5 Å². The lowest BCUT2D eigenvalue weighted by Gasteiger charge is -2.38. The number of benzene rings is 4. The van der Waals surface area contributed by atoms with Gasteiger partial charge in [-0.15, -0.1) is 0 Å². The highest BCUT2D eigenvalue weighted by Gasteiger charge is 2.36. The van der Waals surface area contributed by atoms with E-state index in [1.54, 1.807) is 25.6 Å². The van der Waals surface area contributed by atoms with Crippen LogP contribution in [0.15, 0.2) is 101 Å². The summed E-state index contributed by atoms with van der Waals surface area (Å²) in [5, 5.41) is 14.1. The molecule has 6 rings (SSSR count). The Balaban J connectivity index is 1.36. The molecule has 1 aromatic heterocycles. The summed E-state index contributed by atoms with van der Waals surface area (Å²) in [7, 11) is 0.397. The zero-order valence-corrected chi connectivity index (χ0v) is 23.3. The quantitative estimate of drug-likeness (QED) is 0.233. The normalized spacial score (nSPS) is 12.9. The van der Waals surface area contributed by atoms with Crippen LogP contribution in [-0.4, -0.2) is 33.8 Å². The van der Waals surface area contributed by atoms with E-state index in [9.17, 15) is 5.11 Å². The smallest absolute Gasteiger partial charge is 0.311 e. The van der Waals surface area contributed by atoms with Crippen LogP contribution in [-0.2, 0) is 4.65 Å². The van der Waals surface area contributed by atoms with Crippen LogP contribution in [0.1, 0.15) is 27.7 Å². The summed E-state index contributed by atoms with van der Waals surface area (Å²) in [6, 6.07) is 30.9. The maximum absolute atomic E-state index is 10.5. The van der Waals surface area contributed by atoms with Crippen LogP contribution in [0.5, 0.6) is 0 Å². The molecule has 7 heteroatoms. The maximum Gasteiger partial charge on any atom is 0.311 e. The first-order valence-corrected chi connectivity index (χ1v) is 13.9. The summed E-state index contributed by atoms with van der Waals surface area (Å²) in [5.74, 6) is 0. The third kappa shape index (κ3) is 4.94. The predicted octanol–water partition coefficient (Wildman–Crippen LogP) is 6.71. The molecule has 0 saturated heterocycles. The molecular formula is C32H30BN3O2S. The van der Waals surface area contributed by atoms with Crippen LogP contribution in [0.2, 0.25) is 0 Å². The third-order valence-electron chi connectivity index (χ3n) is 7.53. The van der Waals surface area contributed by atoms with E-state index in [4.69, 9.17) is 14.6 Å². The van der Waals surface area contributed by atoms with E-state index < -0.39 is 11.2 Å². The van der Waals surface area contributed by atoms with E-state index >= 15 is 0 Å². The Labute approximate surface area is 234 Å². The van der Waals surface area contributed by atoms with E-state index in [0.29, 0.717) is 7.48 Å². The molecule has 0 radical (unpaired) electrons. The first kappa shape index (κ1) is 25.6. The average Bonchev–Trinajstić information content (AvgIpc) is 2.94. The van der Waals surface area contributed by atoms with Crippen molar-refractivity contribution in [2.45, 2.75) is 48.7 Å². The Bertz CT molecular complexity index is 1680. The zero-order chi connectivity index (χ0) is 27.2. The lowest BCUT2D eigenvalue weighted by Crippen LogP contribution is -2.49. The van der Waals surface area contributed by atoms with Crippen molar-refractivity contribution in [3.63, 3.8) is 0 Å². The Morgan fingerprint density at radius 2 is 1.41 bits per heavy atom. The molecule has 0 spiro atoms. The van der Waals surface area contributed by atoms with Gasteiger partial charge >= 0.3 is 7.48 Å². The van der Waals surface area contributed by atoms with Gasteiger partial charge in [-0.2, -0.15) is 0 Å². The highest BCUT2D eigenvalue weighted by atomic mass is 32.2. The van der Waals surface area contributed by atoms with Gasteiger partial charge in [-0.1, -0.05) is 72.4 Å². The molecule has 0 unspecified atom stereocenters. The fraction of sp³-hybridized carbons (Fsp3) is 0.188. The van der Waals surface area contributed by atoms with E-state index in [0.717, 1.165) is 60.2 Å². The molecular weight excluding hydrogens is 501 g/mol. The zero-order valence-electron chi connectivity index (χ0n) is 22.5. The molecule has 0 aliphatic carbocycles. The molecule has 0 amide bonds. The van der Waals surface area contributed by atoms with Crippen molar-refractivity contribution in [3.8, 4) is 22.5 Å². The SMILES string of the molecule is CC(C)(O)C(C)(C)OBc1cccc2c1Nc1ccc(-c3nc4ccccc4nc3-c3ccccc3)cc1S2. The number of anilines is 2. The molecule has 2 N–H and O–H groups in total. The third-order valence-corrected chi connectivity index (χ3v) is 8.64. The van der Waals surface area contributed by atoms with Gasteiger partial charge < -0.3 is 15.1 Å². The van der Waals surface area contributed by atoms with Crippen LogP contribution in [0.4, 0.5) is 11.4 Å². The minimum atomic E-state index is -0.961. The highest BCUT2D eigenvalue weighted by Crippen LogP contribution is 2.45. The fourth-order valence-electron chi connectivity index (χ4n) is 4.47. The van der Waals surface area contributed by atoms with E-state index in [1.807, 2.05) is 56.3 Å². The number of nitrogens with one attached hydrogen (secondary N) is 1. The van der Waals surface area contributed by atoms with Gasteiger partial charge in [0, 0.05) is 26.6 Å². The summed E-state index contributed by atoms with van der Waals surface area (Å²) in [5.41, 5.74) is 7.05. The van der Waals surface area contributed by atoms with E-state index in [2.05, 4.69) is 53.8 Å². The van der Waals surface area contributed by atoms with Gasteiger partial charge in [-0.3, -0.25) is 0 Å². The summed E-state index contributed by atoms with van der Waals surface area (Å²) < 4.78 is 6.19. The Morgan fingerprint density at radius 1 is 0.744 bits per heavy atom. The molecule has 0 fully saturated rings. The number of para-hydroxylation sites is 3. The summed E-state index contributed by atoms with van der Waals surface area (Å²) in [6.45, 7) is 7.39. The number of hydrogen-bond donors (Lipinski definition) is 2. The van der Waals surface area contributed by atoms with Crippen molar-refractivity contribution in [2.75, 3.05) is 5.32 Å². The number of aliphatic hydroxyl groups is 1. The van der Waals surface area contributed by atoms with E-state index in [-0.39, 0.29) is 0 Å². The largest absolute Gasteiger partial charge is 0.427 e. The van der Waals surface area contributed by atoms with Gasteiger partial charge in [-0.25, -0.2) is 9.97 Å². The minimum Gasteiger partial charge on any atom is -0.427 e. The first-order valence-electron chi connectivity index (χ1n) is 13.1. The van der Waals surface area contributed by atoms with Crippen molar-refractivity contribution in [3.05, 3.63) is 91.0 Å². The first-order chi connectivity index (χ1) is 18.7. The van der Waals surface area contributed by atoms with Gasteiger partial charge in [0.25, 0.3) is 0 Å². The van der Waals surface area contributed by atoms with Gasteiger partial charge in [0.1, 0.15) is 0 Å². The summed E-state index contributed by atoms with van der Waals surface area (Å²) >= 11 is 1.73. The topological polar surface area (TPSA) is 67.3 Å². The molecule has 1 aliphatic heterocycles. The van der Waals surface area contributed by atoms with Crippen LogP contribution in [0, 0.1) is 0 Å².